The molecule has 0 unspecified atom stereocenters. The molecule has 0 radical (unpaired) electrons. The number of nitrogens with zero attached hydrogens (tertiary/aromatic N) is 4. The van der Waals surface area contributed by atoms with Crippen LogP contribution in [-0.2, 0) is 6.42 Å². The molecule has 0 atom stereocenters. The minimum atomic E-state index is -0.0110. The molecule has 3 rings (SSSR count). The van der Waals surface area contributed by atoms with E-state index in [0.29, 0.717) is 22.3 Å². The fraction of sp³-hybridized carbons (Fsp3) is 0.222. The summed E-state index contributed by atoms with van der Waals surface area (Å²) in [5.74, 6) is 0.541. The molecule has 1 amide bonds. The van der Waals surface area contributed by atoms with Crippen molar-refractivity contribution in [3.63, 3.8) is 0 Å². The highest BCUT2D eigenvalue weighted by Crippen LogP contribution is 2.26. The van der Waals surface area contributed by atoms with Crippen LogP contribution in [0.1, 0.15) is 20.9 Å². The molecule has 0 spiro atoms. The van der Waals surface area contributed by atoms with Crippen LogP contribution < -0.4 is 0 Å². The van der Waals surface area contributed by atoms with Crippen LogP contribution in [0.15, 0.2) is 48.8 Å². The minimum Gasteiger partial charge on any atom is -0.341 e. The Bertz CT molecular complexity index is 818. The van der Waals surface area contributed by atoms with Gasteiger partial charge in [0.1, 0.15) is 4.88 Å². The first kappa shape index (κ1) is 16.3. The van der Waals surface area contributed by atoms with E-state index in [4.69, 9.17) is 0 Å². The summed E-state index contributed by atoms with van der Waals surface area (Å²) in [6.07, 6.45) is 4.18. The lowest BCUT2D eigenvalue weighted by Gasteiger charge is -2.16. The number of benzene rings is 1. The van der Waals surface area contributed by atoms with E-state index in [1.165, 1.54) is 16.9 Å². The van der Waals surface area contributed by atoms with Gasteiger partial charge in [0.25, 0.3) is 5.91 Å². The van der Waals surface area contributed by atoms with E-state index in [0.717, 1.165) is 12.1 Å². The molecule has 5 nitrogen and oxygen atoms in total. The van der Waals surface area contributed by atoms with Crippen molar-refractivity contribution in [2.24, 2.45) is 0 Å². The summed E-state index contributed by atoms with van der Waals surface area (Å²) in [6, 6.07) is 11.9. The zero-order valence-electron chi connectivity index (χ0n) is 13.6. The molecule has 0 fully saturated rings. The second-order valence-electron chi connectivity index (χ2n) is 5.47. The van der Waals surface area contributed by atoms with E-state index >= 15 is 0 Å². The Morgan fingerprint density at radius 1 is 1.12 bits per heavy atom. The largest absolute Gasteiger partial charge is 0.341 e. The molecular weight excluding hydrogens is 320 g/mol. The van der Waals surface area contributed by atoms with Gasteiger partial charge in [-0.3, -0.25) is 4.79 Å². The van der Waals surface area contributed by atoms with Gasteiger partial charge in [0.2, 0.25) is 0 Å². The van der Waals surface area contributed by atoms with E-state index in [-0.39, 0.29) is 5.91 Å². The van der Waals surface area contributed by atoms with Crippen LogP contribution in [0.2, 0.25) is 0 Å². The van der Waals surface area contributed by atoms with Gasteiger partial charge in [0.05, 0.1) is 5.69 Å². The zero-order chi connectivity index (χ0) is 16.9. The van der Waals surface area contributed by atoms with Gasteiger partial charge in [-0.2, -0.15) is 0 Å². The van der Waals surface area contributed by atoms with Gasteiger partial charge in [-0.15, -0.1) is 11.3 Å². The molecule has 0 bridgehead atoms. The number of aromatic nitrogens is 3. The maximum atomic E-state index is 12.7. The van der Waals surface area contributed by atoms with Crippen molar-refractivity contribution in [2.45, 2.75) is 13.3 Å². The fourth-order valence-corrected chi connectivity index (χ4v) is 3.33. The third-order valence-corrected chi connectivity index (χ3v) is 4.81. The predicted molar refractivity (Wildman–Crippen MR) is 95.0 cm³/mol. The van der Waals surface area contributed by atoms with Crippen LogP contribution in [0, 0.1) is 6.92 Å². The fourth-order valence-electron chi connectivity index (χ4n) is 2.32. The molecule has 1 aromatic carbocycles. The Balaban J connectivity index is 1.71. The normalized spacial score (nSPS) is 10.6. The molecule has 0 aliphatic carbocycles. The maximum absolute atomic E-state index is 12.7. The molecule has 2 heterocycles. The van der Waals surface area contributed by atoms with E-state index in [1.54, 1.807) is 23.4 Å². The van der Waals surface area contributed by atoms with Gasteiger partial charge < -0.3 is 4.90 Å². The van der Waals surface area contributed by atoms with Crippen molar-refractivity contribution >= 4 is 17.2 Å². The second kappa shape index (κ2) is 7.31. The molecule has 2 aromatic heterocycles. The Morgan fingerprint density at radius 2 is 1.83 bits per heavy atom. The first-order valence-electron chi connectivity index (χ1n) is 7.69. The molecule has 122 valence electrons. The monoisotopic (exact) mass is 338 g/mol. The Kier molecular flexibility index (Phi) is 4.96. The third-order valence-electron chi connectivity index (χ3n) is 3.67. The lowest BCUT2D eigenvalue weighted by molar-refractivity contribution is 0.0800. The molecule has 24 heavy (non-hydrogen) atoms. The SMILES string of the molecule is Cc1nc(-c2ncccn2)sc1C(=O)N(C)CCc1ccccc1. The van der Waals surface area contributed by atoms with Gasteiger partial charge >= 0.3 is 0 Å². The molecule has 0 aliphatic heterocycles. The quantitative estimate of drug-likeness (QED) is 0.717. The summed E-state index contributed by atoms with van der Waals surface area (Å²) in [5, 5.41) is 0.674. The van der Waals surface area contributed by atoms with E-state index in [9.17, 15) is 4.79 Å². The molecule has 0 aliphatic rings. The summed E-state index contributed by atoms with van der Waals surface area (Å²) >= 11 is 1.34. The van der Waals surface area contributed by atoms with Gasteiger partial charge in [-0.25, -0.2) is 15.0 Å². The Hall–Kier alpha value is -2.60. The standard InChI is InChI=1S/C18H18N4OS/c1-13-15(24-17(21-13)16-19-10-6-11-20-16)18(23)22(2)12-9-14-7-4-3-5-8-14/h3-8,10-11H,9,12H2,1-2H3. The number of likely N-dealkylation sites (N-methyl/N-ethyl adjacent to an activating group) is 1. The van der Waals surface area contributed by atoms with Crippen molar-refractivity contribution in [3.05, 3.63) is 64.9 Å². The van der Waals surface area contributed by atoms with Gasteiger partial charge in [0, 0.05) is 26.0 Å². The predicted octanol–water partition coefficient (Wildman–Crippen LogP) is 3.22. The van der Waals surface area contributed by atoms with Crippen LogP contribution in [0.25, 0.3) is 10.8 Å². The number of hydrogen-bond acceptors (Lipinski definition) is 5. The number of carbonyl (C=O) groups is 1. The van der Waals surface area contributed by atoms with Crippen LogP contribution >= 0.6 is 11.3 Å². The second-order valence-corrected chi connectivity index (χ2v) is 6.47. The summed E-state index contributed by atoms with van der Waals surface area (Å²) in [6.45, 7) is 2.51. The molecular formula is C18H18N4OS. The lowest BCUT2D eigenvalue weighted by atomic mass is 10.1. The molecule has 0 N–H and O–H groups in total. The third kappa shape index (κ3) is 3.65. The van der Waals surface area contributed by atoms with Crippen LogP contribution in [0.3, 0.4) is 0 Å². The average Bonchev–Trinajstić information content (AvgIpc) is 3.02. The highest BCUT2D eigenvalue weighted by Gasteiger charge is 2.20. The zero-order valence-corrected chi connectivity index (χ0v) is 14.5. The van der Waals surface area contributed by atoms with Crippen LogP contribution in [0.4, 0.5) is 0 Å². The number of rotatable bonds is 5. The van der Waals surface area contributed by atoms with E-state index < -0.39 is 0 Å². The molecule has 3 aromatic rings. The smallest absolute Gasteiger partial charge is 0.265 e. The Morgan fingerprint density at radius 3 is 2.54 bits per heavy atom. The summed E-state index contributed by atoms with van der Waals surface area (Å²) in [7, 11) is 1.82. The minimum absolute atomic E-state index is 0.0110. The van der Waals surface area contributed by atoms with Gasteiger partial charge in [0.15, 0.2) is 10.8 Å². The Labute approximate surface area is 145 Å². The number of thiazole rings is 1. The number of aryl methyl sites for hydroxylation is 1. The van der Waals surface area contributed by atoms with E-state index in [2.05, 4.69) is 27.1 Å². The first-order chi connectivity index (χ1) is 11.6. The maximum Gasteiger partial charge on any atom is 0.265 e. The first-order valence-corrected chi connectivity index (χ1v) is 8.51. The van der Waals surface area contributed by atoms with Crippen molar-refractivity contribution < 1.29 is 4.79 Å². The number of amides is 1. The van der Waals surface area contributed by atoms with Crippen LogP contribution in [-0.4, -0.2) is 39.4 Å². The van der Waals surface area contributed by atoms with E-state index in [1.807, 2.05) is 32.2 Å². The summed E-state index contributed by atoms with van der Waals surface area (Å²) in [4.78, 5) is 27.9. The lowest BCUT2D eigenvalue weighted by Crippen LogP contribution is -2.28. The van der Waals surface area contributed by atoms with Crippen molar-refractivity contribution in [3.8, 4) is 10.8 Å². The van der Waals surface area contributed by atoms with Gasteiger partial charge in [-0.1, -0.05) is 30.3 Å². The summed E-state index contributed by atoms with van der Waals surface area (Å²) < 4.78 is 0. The highest BCUT2D eigenvalue weighted by molar-refractivity contribution is 7.17. The van der Waals surface area contributed by atoms with Crippen molar-refractivity contribution in [1.29, 1.82) is 0 Å². The van der Waals surface area contributed by atoms with Gasteiger partial charge in [-0.05, 0) is 25.0 Å². The molecule has 6 heteroatoms. The number of carbonyl (C=O) groups excluding carboxylic acids is 1. The molecule has 0 saturated carbocycles. The average molecular weight is 338 g/mol. The van der Waals surface area contributed by atoms with Crippen LogP contribution in [0.5, 0.6) is 0 Å². The topological polar surface area (TPSA) is 59.0 Å². The van der Waals surface area contributed by atoms with Crippen molar-refractivity contribution in [1.82, 2.24) is 19.9 Å². The molecule has 0 saturated heterocycles. The summed E-state index contributed by atoms with van der Waals surface area (Å²) in [5.41, 5.74) is 1.94. The highest BCUT2D eigenvalue weighted by atomic mass is 32.1. The van der Waals surface area contributed by atoms with Crippen molar-refractivity contribution in [2.75, 3.05) is 13.6 Å². The number of hydrogen-bond donors (Lipinski definition) is 0.